The zero-order valence-corrected chi connectivity index (χ0v) is 13.7. The molecule has 0 aliphatic rings. The molecule has 0 aromatic heterocycles. The Bertz CT molecular complexity index is 398. The predicted octanol–water partition coefficient (Wildman–Crippen LogP) is 4.81. The van der Waals surface area contributed by atoms with E-state index in [1.165, 1.54) is 12.8 Å². The smallest absolute Gasteiger partial charge is 0.137 e. The van der Waals surface area contributed by atoms with Gasteiger partial charge in [-0.05, 0) is 47.4 Å². The van der Waals surface area contributed by atoms with Gasteiger partial charge in [0.25, 0.3) is 0 Å². The van der Waals surface area contributed by atoms with Crippen LogP contribution in [0, 0.1) is 5.92 Å². The Labute approximate surface area is 123 Å². The standard InChI is InChI=1S/C14H21BrClNO/c1-5-6-9(2)13(17-3)11-7-10(16)8-12(15)14(11)18-4/h7-9,13,17H,5-6H2,1-4H3. The lowest BCUT2D eigenvalue weighted by atomic mass is 9.90. The summed E-state index contributed by atoms with van der Waals surface area (Å²) >= 11 is 9.66. The summed E-state index contributed by atoms with van der Waals surface area (Å²) in [5, 5.41) is 4.10. The summed E-state index contributed by atoms with van der Waals surface area (Å²) < 4.78 is 6.40. The summed E-state index contributed by atoms with van der Waals surface area (Å²) in [4.78, 5) is 0. The second kappa shape index (κ2) is 7.37. The molecule has 2 atom stereocenters. The van der Waals surface area contributed by atoms with Crippen LogP contribution in [0.1, 0.15) is 38.3 Å². The lowest BCUT2D eigenvalue weighted by Crippen LogP contribution is -2.24. The van der Waals surface area contributed by atoms with Gasteiger partial charge in [0.2, 0.25) is 0 Å². The quantitative estimate of drug-likeness (QED) is 0.806. The van der Waals surface area contributed by atoms with E-state index in [-0.39, 0.29) is 6.04 Å². The van der Waals surface area contributed by atoms with E-state index in [1.54, 1.807) is 7.11 Å². The van der Waals surface area contributed by atoms with Crippen LogP contribution in [0.15, 0.2) is 16.6 Å². The summed E-state index contributed by atoms with van der Waals surface area (Å²) in [6.45, 7) is 4.45. The normalized spacial score (nSPS) is 14.3. The Morgan fingerprint density at radius 1 is 1.44 bits per heavy atom. The van der Waals surface area contributed by atoms with Gasteiger partial charge in [-0.25, -0.2) is 0 Å². The van der Waals surface area contributed by atoms with Crippen molar-refractivity contribution >= 4 is 27.5 Å². The van der Waals surface area contributed by atoms with E-state index in [1.807, 2.05) is 19.2 Å². The maximum absolute atomic E-state index is 6.15. The first-order chi connectivity index (χ1) is 8.54. The first-order valence-corrected chi connectivity index (χ1v) is 7.42. The Morgan fingerprint density at radius 2 is 2.11 bits per heavy atom. The van der Waals surface area contributed by atoms with Crippen molar-refractivity contribution in [1.29, 1.82) is 0 Å². The summed E-state index contributed by atoms with van der Waals surface area (Å²) in [6.07, 6.45) is 2.34. The molecule has 0 amide bonds. The summed E-state index contributed by atoms with van der Waals surface area (Å²) in [5.41, 5.74) is 1.11. The highest BCUT2D eigenvalue weighted by atomic mass is 79.9. The van der Waals surface area contributed by atoms with Crippen LogP contribution < -0.4 is 10.1 Å². The van der Waals surface area contributed by atoms with E-state index in [0.717, 1.165) is 20.8 Å². The van der Waals surface area contributed by atoms with Crippen LogP contribution >= 0.6 is 27.5 Å². The van der Waals surface area contributed by atoms with Crippen molar-refractivity contribution in [3.63, 3.8) is 0 Å². The van der Waals surface area contributed by atoms with Gasteiger partial charge in [0.1, 0.15) is 5.75 Å². The molecule has 1 aromatic carbocycles. The fourth-order valence-electron chi connectivity index (χ4n) is 2.40. The molecule has 0 fully saturated rings. The molecule has 0 spiro atoms. The van der Waals surface area contributed by atoms with Crippen molar-refractivity contribution in [1.82, 2.24) is 5.32 Å². The van der Waals surface area contributed by atoms with Gasteiger partial charge < -0.3 is 10.1 Å². The molecule has 2 nitrogen and oxygen atoms in total. The minimum absolute atomic E-state index is 0.245. The SMILES string of the molecule is CCCC(C)C(NC)c1cc(Cl)cc(Br)c1OC. The molecule has 0 radical (unpaired) electrons. The number of ether oxygens (including phenoxy) is 1. The molecular formula is C14H21BrClNO. The summed E-state index contributed by atoms with van der Waals surface area (Å²) in [7, 11) is 3.67. The minimum atomic E-state index is 0.245. The van der Waals surface area contributed by atoms with Gasteiger partial charge in [-0.2, -0.15) is 0 Å². The number of halogens is 2. The van der Waals surface area contributed by atoms with Gasteiger partial charge in [-0.1, -0.05) is 31.9 Å². The van der Waals surface area contributed by atoms with E-state index in [2.05, 4.69) is 35.1 Å². The maximum atomic E-state index is 6.15. The average molecular weight is 335 g/mol. The molecule has 0 saturated carbocycles. The first kappa shape index (κ1) is 15.8. The van der Waals surface area contributed by atoms with Crippen molar-refractivity contribution in [2.24, 2.45) is 5.92 Å². The van der Waals surface area contributed by atoms with E-state index in [4.69, 9.17) is 16.3 Å². The summed E-state index contributed by atoms with van der Waals surface area (Å²) in [5.74, 6) is 1.39. The second-order valence-corrected chi connectivity index (χ2v) is 5.83. The topological polar surface area (TPSA) is 21.3 Å². The van der Waals surface area contributed by atoms with E-state index >= 15 is 0 Å². The highest BCUT2D eigenvalue weighted by Crippen LogP contribution is 2.39. The monoisotopic (exact) mass is 333 g/mol. The number of hydrogen-bond acceptors (Lipinski definition) is 2. The Hall–Kier alpha value is -0.250. The van der Waals surface area contributed by atoms with Crippen LogP contribution in [0.3, 0.4) is 0 Å². The summed E-state index contributed by atoms with van der Waals surface area (Å²) in [6, 6.07) is 4.09. The number of benzene rings is 1. The lowest BCUT2D eigenvalue weighted by molar-refractivity contribution is 0.355. The molecule has 0 aliphatic carbocycles. The van der Waals surface area contributed by atoms with Crippen LogP contribution in [0.25, 0.3) is 0 Å². The molecule has 2 unspecified atom stereocenters. The molecule has 0 saturated heterocycles. The molecule has 1 rings (SSSR count). The Kier molecular flexibility index (Phi) is 6.47. The van der Waals surface area contributed by atoms with E-state index < -0.39 is 0 Å². The van der Waals surface area contributed by atoms with Crippen molar-refractivity contribution in [3.8, 4) is 5.75 Å². The molecule has 0 heterocycles. The predicted molar refractivity (Wildman–Crippen MR) is 81.6 cm³/mol. The molecule has 1 aromatic rings. The Balaban J connectivity index is 3.19. The third-order valence-electron chi connectivity index (χ3n) is 3.20. The van der Waals surface area contributed by atoms with Gasteiger partial charge >= 0.3 is 0 Å². The number of methoxy groups -OCH3 is 1. The Morgan fingerprint density at radius 3 is 2.61 bits per heavy atom. The maximum Gasteiger partial charge on any atom is 0.137 e. The van der Waals surface area contributed by atoms with E-state index in [0.29, 0.717) is 5.92 Å². The number of nitrogens with one attached hydrogen (secondary N) is 1. The molecule has 0 bridgehead atoms. The van der Waals surface area contributed by atoms with Gasteiger partial charge in [-0.3, -0.25) is 0 Å². The second-order valence-electron chi connectivity index (χ2n) is 4.54. The molecule has 0 aliphatic heterocycles. The van der Waals surface area contributed by atoms with Gasteiger partial charge in [-0.15, -0.1) is 0 Å². The van der Waals surface area contributed by atoms with E-state index in [9.17, 15) is 0 Å². The van der Waals surface area contributed by atoms with Crippen LogP contribution in [-0.2, 0) is 0 Å². The number of rotatable bonds is 6. The fourth-order valence-corrected chi connectivity index (χ4v) is 3.39. The van der Waals surface area contributed by atoms with Crippen molar-refractivity contribution in [2.45, 2.75) is 32.7 Å². The fraction of sp³-hybridized carbons (Fsp3) is 0.571. The van der Waals surface area contributed by atoms with Gasteiger partial charge in [0.05, 0.1) is 11.6 Å². The van der Waals surface area contributed by atoms with Gasteiger partial charge in [0.15, 0.2) is 0 Å². The van der Waals surface area contributed by atoms with Crippen LogP contribution in [0.2, 0.25) is 5.02 Å². The lowest BCUT2D eigenvalue weighted by Gasteiger charge is -2.26. The average Bonchev–Trinajstić information content (AvgIpc) is 2.29. The van der Waals surface area contributed by atoms with Crippen LogP contribution in [-0.4, -0.2) is 14.2 Å². The molecule has 1 N–H and O–H groups in total. The number of hydrogen-bond donors (Lipinski definition) is 1. The minimum Gasteiger partial charge on any atom is -0.495 e. The third-order valence-corrected chi connectivity index (χ3v) is 4.01. The van der Waals surface area contributed by atoms with Crippen LogP contribution in [0.4, 0.5) is 0 Å². The molecular weight excluding hydrogens is 314 g/mol. The molecule has 18 heavy (non-hydrogen) atoms. The zero-order chi connectivity index (χ0) is 13.7. The highest BCUT2D eigenvalue weighted by molar-refractivity contribution is 9.10. The largest absolute Gasteiger partial charge is 0.495 e. The van der Waals surface area contributed by atoms with Crippen molar-refractivity contribution in [2.75, 3.05) is 14.2 Å². The molecule has 102 valence electrons. The van der Waals surface area contributed by atoms with Gasteiger partial charge in [0, 0.05) is 16.6 Å². The third kappa shape index (κ3) is 3.62. The van der Waals surface area contributed by atoms with Crippen molar-refractivity contribution in [3.05, 3.63) is 27.2 Å². The first-order valence-electron chi connectivity index (χ1n) is 6.25. The highest BCUT2D eigenvalue weighted by Gasteiger charge is 2.22. The van der Waals surface area contributed by atoms with Crippen LogP contribution in [0.5, 0.6) is 5.75 Å². The zero-order valence-electron chi connectivity index (χ0n) is 11.4. The molecule has 4 heteroatoms. The van der Waals surface area contributed by atoms with Crippen molar-refractivity contribution < 1.29 is 4.74 Å².